The fourth-order valence-corrected chi connectivity index (χ4v) is 0.817. The standard InChI is InChI=1S/C7H14N4/c1-3-5(8)7-9-6(4-2)10-11-7/h5H,3-4,8H2,1-2H3,(H,9,10,11)/t5-/m1/s1. The number of hydrogen-bond acceptors (Lipinski definition) is 3. The van der Waals surface area contributed by atoms with Crippen LogP contribution in [0.2, 0.25) is 0 Å². The van der Waals surface area contributed by atoms with E-state index < -0.39 is 0 Å². The van der Waals surface area contributed by atoms with Gasteiger partial charge in [-0.05, 0) is 6.42 Å². The molecule has 1 atom stereocenters. The SMILES string of the molecule is CCc1nc([C@H](N)CC)n[nH]1. The highest BCUT2D eigenvalue weighted by Gasteiger charge is 2.08. The van der Waals surface area contributed by atoms with Crippen LogP contribution >= 0.6 is 0 Å². The van der Waals surface area contributed by atoms with Crippen LogP contribution in [0.1, 0.15) is 38.0 Å². The van der Waals surface area contributed by atoms with Gasteiger partial charge in [-0.15, -0.1) is 0 Å². The first-order valence-corrected chi connectivity index (χ1v) is 3.94. The average Bonchev–Trinajstić information content (AvgIpc) is 2.50. The molecule has 11 heavy (non-hydrogen) atoms. The Labute approximate surface area is 66.2 Å². The second-order valence-corrected chi connectivity index (χ2v) is 2.51. The predicted octanol–water partition coefficient (Wildman–Crippen LogP) is 0.777. The van der Waals surface area contributed by atoms with E-state index in [-0.39, 0.29) is 6.04 Å². The van der Waals surface area contributed by atoms with Crippen molar-refractivity contribution in [1.82, 2.24) is 15.2 Å². The highest BCUT2D eigenvalue weighted by Crippen LogP contribution is 2.07. The molecule has 0 spiro atoms. The number of nitrogens with one attached hydrogen (secondary N) is 1. The maximum absolute atomic E-state index is 5.72. The van der Waals surface area contributed by atoms with E-state index in [4.69, 9.17) is 5.73 Å². The van der Waals surface area contributed by atoms with Crippen LogP contribution in [0.25, 0.3) is 0 Å². The normalized spacial score (nSPS) is 13.4. The zero-order chi connectivity index (χ0) is 8.27. The van der Waals surface area contributed by atoms with E-state index in [2.05, 4.69) is 15.2 Å². The molecule has 1 aromatic rings. The number of aromatic amines is 1. The Kier molecular flexibility index (Phi) is 2.59. The maximum Gasteiger partial charge on any atom is 0.167 e. The Bertz CT molecular complexity index is 218. The molecule has 0 amide bonds. The summed E-state index contributed by atoms with van der Waals surface area (Å²) in [5.41, 5.74) is 5.72. The van der Waals surface area contributed by atoms with Gasteiger partial charge < -0.3 is 5.73 Å². The maximum atomic E-state index is 5.72. The molecule has 0 saturated carbocycles. The summed E-state index contributed by atoms with van der Waals surface area (Å²) in [6, 6.07) is -0.0217. The van der Waals surface area contributed by atoms with Gasteiger partial charge in [-0.2, -0.15) is 5.10 Å². The van der Waals surface area contributed by atoms with Crippen LogP contribution in [0.5, 0.6) is 0 Å². The summed E-state index contributed by atoms with van der Waals surface area (Å²) < 4.78 is 0. The summed E-state index contributed by atoms with van der Waals surface area (Å²) >= 11 is 0. The molecule has 1 heterocycles. The van der Waals surface area contributed by atoms with Gasteiger partial charge in [-0.25, -0.2) is 4.98 Å². The van der Waals surface area contributed by atoms with Crippen LogP contribution in [0.4, 0.5) is 0 Å². The van der Waals surface area contributed by atoms with Crippen molar-refractivity contribution >= 4 is 0 Å². The molecule has 0 aliphatic rings. The zero-order valence-electron chi connectivity index (χ0n) is 6.96. The van der Waals surface area contributed by atoms with E-state index >= 15 is 0 Å². The molecular weight excluding hydrogens is 140 g/mol. The van der Waals surface area contributed by atoms with Gasteiger partial charge in [0, 0.05) is 6.42 Å². The minimum Gasteiger partial charge on any atom is -0.321 e. The van der Waals surface area contributed by atoms with E-state index in [1.165, 1.54) is 0 Å². The Morgan fingerprint density at radius 3 is 2.73 bits per heavy atom. The van der Waals surface area contributed by atoms with Crippen molar-refractivity contribution in [2.24, 2.45) is 5.73 Å². The topological polar surface area (TPSA) is 67.6 Å². The van der Waals surface area contributed by atoms with Crippen molar-refractivity contribution in [3.05, 3.63) is 11.6 Å². The van der Waals surface area contributed by atoms with Gasteiger partial charge in [0.05, 0.1) is 6.04 Å². The van der Waals surface area contributed by atoms with Crippen LogP contribution in [0.15, 0.2) is 0 Å². The van der Waals surface area contributed by atoms with Gasteiger partial charge in [0.1, 0.15) is 5.82 Å². The smallest absolute Gasteiger partial charge is 0.167 e. The first-order chi connectivity index (χ1) is 5.27. The average molecular weight is 154 g/mol. The molecule has 0 aromatic carbocycles. The summed E-state index contributed by atoms with van der Waals surface area (Å²) in [7, 11) is 0. The molecular formula is C7H14N4. The van der Waals surface area contributed by atoms with Crippen molar-refractivity contribution in [2.75, 3.05) is 0 Å². The van der Waals surface area contributed by atoms with Crippen molar-refractivity contribution in [2.45, 2.75) is 32.7 Å². The molecule has 0 bridgehead atoms. The van der Waals surface area contributed by atoms with E-state index in [0.717, 1.165) is 24.5 Å². The fourth-order valence-electron chi connectivity index (χ4n) is 0.817. The number of H-pyrrole nitrogens is 1. The molecule has 0 aliphatic heterocycles. The Balaban J connectivity index is 2.71. The highest BCUT2D eigenvalue weighted by molar-refractivity contribution is 4.94. The summed E-state index contributed by atoms with van der Waals surface area (Å²) in [5.74, 6) is 1.63. The molecule has 0 aliphatic carbocycles. The number of nitrogens with two attached hydrogens (primary N) is 1. The number of hydrogen-bond donors (Lipinski definition) is 2. The lowest BCUT2D eigenvalue weighted by Gasteiger charge is -2.00. The number of rotatable bonds is 3. The quantitative estimate of drug-likeness (QED) is 0.676. The van der Waals surface area contributed by atoms with Gasteiger partial charge in [0.25, 0.3) is 0 Å². The molecule has 0 saturated heterocycles. The Morgan fingerprint density at radius 2 is 2.27 bits per heavy atom. The zero-order valence-corrected chi connectivity index (χ0v) is 6.96. The largest absolute Gasteiger partial charge is 0.321 e. The highest BCUT2D eigenvalue weighted by atomic mass is 15.2. The molecule has 62 valence electrons. The summed E-state index contributed by atoms with van der Waals surface area (Å²) in [4.78, 5) is 4.21. The Morgan fingerprint density at radius 1 is 1.55 bits per heavy atom. The minimum absolute atomic E-state index is 0.0217. The third-order valence-corrected chi connectivity index (χ3v) is 1.66. The second kappa shape index (κ2) is 3.48. The van der Waals surface area contributed by atoms with E-state index in [1.54, 1.807) is 0 Å². The first-order valence-electron chi connectivity index (χ1n) is 3.94. The monoisotopic (exact) mass is 154 g/mol. The van der Waals surface area contributed by atoms with Crippen molar-refractivity contribution < 1.29 is 0 Å². The lowest BCUT2D eigenvalue weighted by atomic mass is 10.2. The van der Waals surface area contributed by atoms with Crippen molar-refractivity contribution in [3.8, 4) is 0 Å². The van der Waals surface area contributed by atoms with E-state index in [9.17, 15) is 0 Å². The van der Waals surface area contributed by atoms with Gasteiger partial charge in [0.2, 0.25) is 0 Å². The van der Waals surface area contributed by atoms with Crippen LogP contribution in [0.3, 0.4) is 0 Å². The molecule has 1 rings (SSSR count). The fraction of sp³-hybridized carbons (Fsp3) is 0.714. The first kappa shape index (κ1) is 8.20. The summed E-state index contributed by atoms with van der Waals surface area (Å²) in [5, 5.41) is 6.83. The minimum atomic E-state index is -0.0217. The van der Waals surface area contributed by atoms with Gasteiger partial charge >= 0.3 is 0 Å². The molecule has 4 heteroatoms. The van der Waals surface area contributed by atoms with E-state index in [0.29, 0.717) is 0 Å². The Hall–Kier alpha value is -0.900. The summed E-state index contributed by atoms with van der Waals surface area (Å²) in [6.45, 7) is 4.05. The van der Waals surface area contributed by atoms with E-state index in [1.807, 2.05) is 13.8 Å². The van der Waals surface area contributed by atoms with Crippen LogP contribution < -0.4 is 5.73 Å². The molecule has 1 aromatic heterocycles. The third-order valence-electron chi connectivity index (χ3n) is 1.66. The molecule has 0 radical (unpaired) electrons. The predicted molar refractivity (Wildman–Crippen MR) is 43.0 cm³/mol. The lowest BCUT2D eigenvalue weighted by molar-refractivity contribution is 0.652. The number of aromatic nitrogens is 3. The van der Waals surface area contributed by atoms with Gasteiger partial charge in [-0.3, -0.25) is 5.10 Å². The van der Waals surface area contributed by atoms with Gasteiger partial charge in [-0.1, -0.05) is 13.8 Å². The van der Waals surface area contributed by atoms with Crippen molar-refractivity contribution in [3.63, 3.8) is 0 Å². The second-order valence-electron chi connectivity index (χ2n) is 2.51. The molecule has 0 unspecified atom stereocenters. The molecule has 3 N–H and O–H groups in total. The van der Waals surface area contributed by atoms with Crippen molar-refractivity contribution in [1.29, 1.82) is 0 Å². The molecule has 0 fully saturated rings. The summed E-state index contributed by atoms with van der Waals surface area (Å²) in [6.07, 6.45) is 1.75. The molecule has 4 nitrogen and oxygen atoms in total. The number of aryl methyl sites for hydroxylation is 1. The lowest BCUT2D eigenvalue weighted by Crippen LogP contribution is -2.10. The third kappa shape index (κ3) is 1.77. The van der Waals surface area contributed by atoms with Crippen LogP contribution in [-0.2, 0) is 6.42 Å². The van der Waals surface area contributed by atoms with Gasteiger partial charge in [0.15, 0.2) is 5.82 Å². The van der Waals surface area contributed by atoms with Crippen LogP contribution in [-0.4, -0.2) is 15.2 Å². The van der Waals surface area contributed by atoms with Crippen LogP contribution in [0, 0.1) is 0 Å². The number of nitrogens with zero attached hydrogens (tertiary/aromatic N) is 2.